The van der Waals surface area contributed by atoms with Gasteiger partial charge in [-0.15, -0.1) is 0 Å². The van der Waals surface area contributed by atoms with Gasteiger partial charge in [0.1, 0.15) is 18.2 Å². The molecule has 3 aromatic rings. The van der Waals surface area contributed by atoms with Gasteiger partial charge >= 0.3 is 11.8 Å². The average molecular weight is 405 g/mol. The Hall–Kier alpha value is -4.00. The van der Waals surface area contributed by atoms with Crippen LogP contribution in [-0.2, 0) is 16.2 Å². The molecule has 0 fully saturated rings. The molecule has 0 aliphatic carbocycles. The molecule has 0 aromatic heterocycles. The van der Waals surface area contributed by atoms with Crippen LogP contribution in [0.2, 0.25) is 0 Å². The lowest BCUT2D eigenvalue weighted by Crippen LogP contribution is -2.32. The Morgan fingerprint density at radius 1 is 1.00 bits per heavy atom. The Labute approximate surface area is 173 Å². The van der Waals surface area contributed by atoms with Crippen molar-refractivity contribution in [2.45, 2.75) is 13.5 Å². The SMILES string of the molecule is Cc1ccc(NC(=O)C(=O)N/N=C\c2cccc(OCc3cccc(F)c3)c2)cc1. The number of benzene rings is 3. The zero-order valence-corrected chi connectivity index (χ0v) is 16.3. The third kappa shape index (κ3) is 6.27. The van der Waals surface area contributed by atoms with Gasteiger partial charge in [0, 0.05) is 5.69 Å². The van der Waals surface area contributed by atoms with Crippen molar-refractivity contribution >= 4 is 23.7 Å². The molecule has 0 bridgehead atoms. The number of nitrogens with zero attached hydrogens (tertiary/aromatic N) is 1. The maximum atomic E-state index is 13.2. The van der Waals surface area contributed by atoms with Crippen LogP contribution in [-0.4, -0.2) is 18.0 Å². The number of carbonyl (C=O) groups is 2. The van der Waals surface area contributed by atoms with Crippen LogP contribution in [0, 0.1) is 12.7 Å². The monoisotopic (exact) mass is 405 g/mol. The van der Waals surface area contributed by atoms with E-state index < -0.39 is 11.8 Å². The Kier molecular flexibility index (Phi) is 6.89. The van der Waals surface area contributed by atoms with Gasteiger partial charge < -0.3 is 10.1 Å². The molecule has 0 spiro atoms. The minimum atomic E-state index is -0.884. The summed E-state index contributed by atoms with van der Waals surface area (Å²) in [5, 5.41) is 6.29. The fraction of sp³-hybridized carbons (Fsp3) is 0.0870. The summed E-state index contributed by atoms with van der Waals surface area (Å²) < 4.78 is 18.9. The highest BCUT2D eigenvalue weighted by Gasteiger charge is 2.12. The highest BCUT2D eigenvalue weighted by molar-refractivity contribution is 6.39. The maximum Gasteiger partial charge on any atom is 0.329 e. The number of hydrogen-bond donors (Lipinski definition) is 2. The summed E-state index contributed by atoms with van der Waals surface area (Å²) >= 11 is 0. The lowest BCUT2D eigenvalue weighted by molar-refractivity contribution is -0.136. The number of amides is 2. The lowest BCUT2D eigenvalue weighted by Gasteiger charge is -2.07. The Balaban J connectivity index is 1.51. The summed E-state index contributed by atoms with van der Waals surface area (Å²) in [6.45, 7) is 2.14. The Morgan fingerprint density at radius 3 is 2.53 bits per heavy atom. The van der Waals surface area contributed by atoms with Crippen molar-refractivity contribution in [3.05, 3.63) is 95.3 Å². The van der Waals surface area contributed by atoms with Gasteiger partial charge in [0.2, 0.25) is 0 Å². The number of ether oxygens (including phenoxy) is 1. The second-order valence-electron chi connectivity index (χ2n) is 6.51. The Morgan fingerprint density at radius 2 is 1.77 bits per heavy atom. The van der Waals surface area contributed by atoms with Gasteiger partial charge in [0.15, 0.2) is 0 Å². The van der Waals surface area contributed by atoms with Crippen LogP contribution < -0.4 is 15.5 Å². The maximum absolute atomic E-state index is 13.2. The average Bonchev–Trinajstić information content (AvgIpc) is 2.74. The van der Waals surface area contributed by atoms with E-state index >= 15 is 0 Å². The van der Waals surface area contributed by atoms with Crippen LogP contribution >= 0.6 is 0 Å². The van der Waals surface area contributed by atoms with Gasteiger partial charge in [-0.05, 0) is 54.4 Å². The van der Waals surface area contributed by atoms with Crippen LogP contribution in [0.25, 0.3) is 0 Å². The third-order valence-corrected chi connectivity index (χ3v) is 4.05. The highest BCUT2D eigenvalue weighted by Crippen LogP contribution is 2.15. The van der Waals surface area contributed by atoms with E-state index in [9.17, 15) is 14.0 Å². The van der Waals surface area contributed by atoms with Crippen molar-refractivity contribution in [2.75, 3.05) is 5.32 Å². The van der Waals surface area contributed by atoms with E-state index in [-0.39, 0.29) is 12.4 Å². The predicted octanol–water partition coefficient (Wildman–Crippen LogP) is 3.80. The van der Waals surface area contributed by atoms with Gasteiger partial charge in [-0.2, -0.15) is 5.10 Å². The van der Waals surface area contributed by atoms with Crippen LogP contribution in [0.4, 0.5) is 10.1 Å². The minimum Gasteiger partial charge on any atom is -0.489 e. The van der Waals surface area contributed by atoms with E-state index in [4.69, 9.17) is 4.74 Å². The molecule has 6 nitrogen and oxygen atoms in total. The first-order valence-corrected chi connectivity index (χ1v) is 9.18. The summed E-state index contributed by atoms with van der Waals surface area (Å²) in [6.07, 6.45) is 1.39. The van der Waals surface area contributed by atoms with Crippen LogP contribution in [0.3, 0.4) is 0 Å². The molecule has 0 aliphatic heterocycles. The molecule has 3 rings (SSSR count). The van der Waals surface area contributed by atoms with Crippen molar-refractivity contribution in [1.29, 1.82) is 0 Å². The van der Waals surface area contributed by atoms with E-state index in [1.165, 1.54) is 18.3 Å². The summed E-state index contributed by atoms with van der Waals surface area (Å²) in [5.41, 5.74) is 5.12. The van der Waals surface area contributed by atoms with E-state index in [1.807, 2.05) is 19.1 Å². The molecule has 152 valence electrons. The van der Waals surface area contributed by atoms with Crippen LogP contribution in [0.15, 0.2) is 77.9 Å². The molecule has 2 N–H and O–H groups in total. The normalized spacial score (nSPS) is 10.6. The molecule has 0 unspecified atom stereocenters. The van der Waals surface area contributed by atoms with Crippen LogP contribution in [0.5, 0.6) is 5.75 Å². The van der Waals surface area contributed by atoms with E-state index in [0.29, 0.717) is 22.6 Å². The van der Waals surface area contributed by atoms with Crippen molar-refractivity contribution in [2.24, 2.45) is 5.10 Å². The minimum absolute atomic E-state index is 0.217. The number of aryl methyl sites for hydroxylation is 1. The van der Waals surface area contributed by atoms with Crippen molar-refractivity contribution in [3.8, 4) is 5.75 Å². The molecule has 30 heavy (non-hydrogen) atoms. The molecule has 0 radical (unpaired) electrons. The molecular weight excluding hydrogens is 385 g/mol. The van der Waals surface area contributed by atoms with Gasteiger partial charge in [-0.25, -0.2) is 9.82 Å². The number of rotatable bonds is 6. The third-order valence-electron chi connectivity index (χ3n) is 4.05. The summed E-state index contributed by atoms with van der Waals surface area (Å²) in [6, 6.07) is 20.2. The number of anilines is 1. The molecule has 0 aliphatic rings. The van der Waals surface area contributed by atoms with Gasteiger partial charge in [0.25, 0.3) is 0 Å². The standard InChI is InChI=1S/C23H20FN3O3/c1-16-8-10-20(11-9-16)26-22(28)23(29)27-25-14-17-4-3-7-21(13-17)30-15-18-5-2-6-19(24)12-18/h2-14H,15H2,1H3,(H,26,28)(H,27,29)/b25-14-. The summed E-state index contributed by atoms with van der Waals surface area (Å²) in [4.78, 5) is 23.8. The first-order chi connectivity index (χ1) is 14.5. The Bertz CT molecular complexity index is 1070. The second-order valence-corrected chi connectivity index (χ2v) is 6.51. The fourth-order valence-corrected chi connectivity index (χ4v) is 2.52. The molecule has 2 amide bonds. The number of carbonyl (C=O) groups excluding carboxylic acids is 2. The largest absolute Gasteiger partial charge is 0.489 e. The van der Waals surface area contributed by atoms with E-state index in [2.05, 4.69) is 15.8 Å². The van der Waals surface area contributed by atoms with Crippen molar-refractivity contribution in [1.82, 2.24) is 5.43 Å². The van der Waals surface area contributed by atoms with Crippen molar-refractivity contribution < 1.29 is 18.7 Å². The lowest BCUT2D eigenvalue weighted by atomic mass is 10.2. The smallest absolute Gasteiger partial charge is 0.329 e. The predicted molar refractivity (Wildman–Crippen MR) is 113 cm³/mol. The first-order valence-electron chi connectivity index (χ1n) is 9.18. The van der Waals surface area contributed by atoms with Gasteiger partial charge in [-0.1, -0.05) is 42.0 Å². The summed E-state index contributed by atoms with van der Waals surface area (Å²) in [7, 11) is 0. The molecule has 3 aromatic carbocycles. The number of halogens is 1. The molecule has 0 heterocycles. The van der Waals surface area contributed by atoms with Gasteiger partial charge in [-0.3, -0.25) is 9.59 Å². The topological polar surface area (TPSA) is 79.8 Å². The zero-order valence-electron chi connectivity index (χ0n) is 16.3. The fourth-order valence-electron chi connectivity index (χ4n) is 2.52. The zero-order chi connectivity index (χ0) is 21.3. The highest BCUT2D eigenvalue weighted by atomic mass is 19.1. The van der Waals surface area contributed by atoms with E-state index in [0.717, 1.165) is 5.56 Å². The number of hydrogen-bond acceptors (Lipinski definition) is 4. The molecular formula is C23H20FN3O3. The molecule has 0 atom stereocenters. The van der Waals surface area contributed by atoms with Crippen molar-refractivity contribution in [3.63, 3.8) is 0 Å². The quantitative estimate of drug-likeness (QED) is 0.372. The molecule has 0 saturated carbocycles. The van der Waals surface area contributed by atoms with E-state index in [1.54, 1.807) is 48.5 Å². The molecule has 0 saturated heterocycles. The number of hydrazone groups is 1. The summed E-state index contributed by atoms with van der Waals surface area (Å²) in [5.74, 6) is -1.46. The second kappa shape index (κ2) is 9.97. The number of nitrogens with one attached hydrogen (secondary N) is 2. The van der Waals surface area contributed by atoms with Crippen LogP contribution in [0.1, 0.15) is 16.7 Å². The molecule has 7 heteroatoms. The first kappa shape index (κ1) is 20.7. The van der Waals surface area contributed by atoms with Gasteiger partial charge in [0.05, 0.1) is 6.21 Å².